The number of aryl methyl sites for hydroxylation is 1. The zero-order chi connectivity index (χ0) is 15.2. The van der Waals surface area contributed by atoms with Crippen molar-refractivity contribution in [2.45, 2.75) is 32.7 Å². The van der Waals surface area contributed by atoms with Crippen LogP contribution in [0.2, 0.25) is 0 Å². The zero-order valence-corrected chi connectivity index (χ0v) is 13.6. The fourth-order valence-electron chi connectivity index (χ4n) is 2.58. The molecule has 1 N–H and O–H groups in total. The van der Waals surface area contributed by atoms with Gasteiger partial charge in [-0.15, -0.1) is 0 Å². The highest BCUT2D eigenvalue weighted by Crippen LogP contribution is 2.29. The fraction of sp³-hybridized carbons (Fsp3) is 0.368. The van der Waals surface area contributed by atoms with Crippen LogP contribution in [-0.4, -0.2) is 14.1 Å². The Balaban J connectivity index is 2.22. The van der Waals surface area contributed by atoms with Crippen LogP contribution in [0.15, 0.2) is 48.5 Å². The largest absolute Gasteiger partial charge is 0.377 e. The van der Waals surface area contributed by atoms with Crippen molar-refractivity contribution in [1.29, 1.82) is 0 Å². The molecule has 0 saturated heterocycles. The Morgan fingerprint density at radius 2 is 1.62 bits per heavy atom. The van der Waals surface area contributed by atoms with E-state index < -0.39 is 0 Å². The van der Waals surface area contributed by atoms with Gasteiger partial charge in [-0.05, 0) is 36.1 Å². The third kappa shape index (κ3) is 3.78. The van der Waals surface area contributed by atoms with E-state index in [2.05, 4.69) is 86.7 Å². The van der Waals surface area contributed by atoms with E-state index in [1.54, 1.807) is 0 Å². The van der Waals surface area contributed by atoms with Gasteiger partial charge >= 0.3 is 0 Å². The SMILES string of the molecule is CCc1ccc(C(CC)Nc2ccccc2N(C)C)cc1. The van der Waals surface area contributed by atoms with Crippen molar-refractivity contribution >= 4 is 11.4 Å². The summed E-state index contributed by atoms with van der Waals surface area (Å²) in [7, 11) is 4.16. The molecule has 0 amide bonds. The van der Waals surface area contributed by atoms with Crippen molar-refractivity contribution in [2.24, 2.45) is 0 Å². The molecular formula is C19H26N2. The average Bonchev–Trinajstić information content (AvgIpc) is 2.53. The van der Waals surface area contributed by atoms with Crippen molar-refractivity contribution in [3.05, 3.63) is 59.7 Å². The van der Waals surface area contributed by atoms with Crippen LogP contribution < -0.4 is 10.2 Å². The van der Waals surface area contributed by atoms with Gasteiger partial charge in [-0.2, -0.15) is 0 Å². The van der Waals surface area contributed by atoms with E-state index in [-0.39, 0.29) is 0 Å². The number of nitrogens with zero attached hydrogens (tertiary/aromatic N) is 1. The minimum Gasteiger partial charge on any atom is -0.377 e. The van der Waals surface area contributed by atoms with Crippen LogP contribution in [0.3, 0.4) is 0 Å². The minimum atomic E-state index is 0.344. The molecule has 0 aromatic heterocycles. The summed E-state index contributed by atoms with van der Waals surface area (Å²) < 4.78 is 0. The summed E-state index contributed by atoms with van der Waals surface area (Å²) in [5.74, 6) is 0. The molecule has 0 aliphatic carbocycles. The van der Waals surface area contributed by atoms with Crippen molar-refractivity contribution in [3.8, 4) is 0 Å². The standard InChI is InChI=1S/C19H26N2/c1-5-15-11-13-16(14-12-15)17(6-2)20-18-9-7-8-10-19(18)21(3)4/h7-14,17,20H,5-6H2,1-4H3. The number of anilines is 2. The fourth-order valence-corrected chi connectivity index (χ4v) is 2.58. The molecule has 112 valence electrons. The zero-order valence-electron chi connectivity index (χ0n) is 13.6. The van der Waals surface area contributed by atoms with Gasteiger partial charge in [0.05, 0.1) is 17.4 Å². The lowest BCUT2D eigenvalue weighted by Crippen LogP contribution is -2.15. The van der Waals surface area contributed by atoms with Gasteiger partial charge in [-0.3, -0.25) is 0 Å². The molecule has 2 aromatic carbocycles. The summed E-state index contributed by atoms with van der Waals surface area (Å²) in [6.45, 7) is 4.42. The highest BCUT2D eigenvalue weighted by molar-refractivity contribution is 5.69. The maximum atomic E-state index is 3.69. The van der Waals surface area contributed by atoms with E-state index in [0.717, 1.165) is 12.8 Å². The van der Waals surface area contributed by atoms with Gasteiger partial charge < -0.3 is 10.2 Å². The lowest BCUT2D eigenvalue weighted by molar-refractivity contribution is 0.748. The summed E-state index contributed by atoms with van der Waals surface area (Å²) in [6, 6.07) is 17.8. The van der Waals surface area contributed by atoms with Crippen LogP contribution in [0.4, 0.5) is 11.4 Å². The van der Waals surface area contributed by atoms with Crippen LogP contribution in [-0.2, 0) is 6.42 Å². The van der Waals surface area contributed by atoms with Crippen molar-refractivity contribution in [2.75, 3.05) is 24.3 Å². The Bertz CT molecular complexity index is 558. The van der Waals surface area contributed by atoms with Crippen molar-refractivity contribution in [3.63, 3.8) is 0 Å². The third-order valence-corrected chi connectivity index (χ3v) is 3.91. The molecule has 21 heavy (non-hydrogen) atoms. The van der Waals surface area contributed by atoms with Gasteiger partial charge in [0, 0.05) is 14.1 Å². The Kier molecular flexibility index (Phi) is 5.26. The lowest BCUT2D eigenvalue weighted by Gasteiger charge is -2.24. The second-order valence-electron chi connectivity index (χ2n) is 5.61. The normalized spacial score (nSPS) is 12.0. The van der Waals surface area contributed by atoms with Crippen LogP contribution in [0.5, 0.6) is 0 Å². The first kappa shape index (κ1) is 15.4. The summed E-state index contributed by atoms with van der Waals surface area (Å²) in [5.41, 5.74) is 5.15. The monoisotopic (exact) mass is 282 g/mol. The molecule has 0 fully saturated rings. The smallest absolute Gasteiger partial charge is 0.0596 e. The summed E-state index contributed by atoms with van der Waals surface area (Å²) >= 11 is 0. The molecule has 2 heteroatoms. The van der Waals surface area contributed by atoms with Crippen LogP contribution >= 0.6 is 0 Å². The van der Waals surface area contributed by atoms with Gasteiger partial charge in [0.25, 0.3) is 0 Å². The average molecular weight is 282 g/mol. The molecule has 0 spiro atoms. The molecule has 0 radical (unpaired) electrons. The molecule has 0 heterocycles. The Morgan fingerprint density at radius 3 is 2.19 bits per heavy atom. The first-order valence-electron chi connectivity index (χ1n) is 7.77. The van der Waals surface area contributed by atoms with Crippen molar-refractivity contribution in [1.82, 2.24) is 0 Å². The number of hydrogen-bond acceptors (Lipinski definition) is 2. The first-order chi connectivity index (χ1) is 10.2. The van der Waals surface area contributed by atoms with Gasteiger partial charge in [0.2, 0.25) is 0 Å². The molecule has 2 aromatic rings. The summed E-state index contributed by atoms with van der Waals surface area (Å²) in [4.78, 5) is 2.15. The molecule has 0 saturated carbocycles. The number of nitrogens with one attached hydrogen (secondary N) is 1. The van der Waals surface area contributed by atoms with E-state index in [1.165, 1.54) is 22.5 Å². The predicted molar refractivity (Wildman–Crippen MR) is 93.2 cm³/mol. The second-order valence-corrected chi connectivity index (χ2v) is 5.61. The van der Waals surface area contributed by atoms with Gasteiger partial charge in [-0.25, -0.2) is 0 Å². The van der Waals surface area contributed by atoms with Gasteiger partial charge in [0.1, 0.15) is 0 Å². The maximum absolute atomic E-state index is 3.69. The highest BCUT2D eigenvalue weighted by Gasteiger charge is 2.11. The van der Waals surface area contributed by atoms with E-state index in [1.807, 2.05) is 0 Å². The minimum absolute atomic E-state index is 0.344. The first-order valence-corrected chi connectivity index (χ1v) is 7.77. The molecule has 2 nitrogen and oxygen atoms in total. The van der Waals surface area contributed by atoms with Gasteiger partial charge in [0.15, 0.2) is 0 Å². The number of hydrogen-bond donors (Lipinski definition) is 1. The van der Waals surface area contributed by atoms with E-state index >= 15 is 0 Å². The second kappa shape index (κ2) is 7.16. The van der Waals surface area contributed by atoms with Crippen LogP contribution in [0.1, 0.15) is 37.4 Å². The Hall–Kier alpha value is -1.96. The summed E-state index contributed by atoms with van der Waals surface area (Å²) in [5, 5.41) is 3.69. The van der Waals surface area contributed by atoms with E-state index in [4.69, 9.17) is 0 Å². The molecule has 0 aliphatic heterocycles. The molecule has 0 aliphatic rings. The highest BCUT2D eigenvalue weighted by atomic mass is 15.1. The third-order valence-electron chi connectivity index (χ3n) is 3.91. The van der Waals surface area contributed by atoms with E-state index in [0.29, 0.717) is 6.04 Å². The molecule has 2 rings (SSSR count). The molecule has 1 unspecified atom stereocenters. The molecule has 1 atom stereocenters. The maximum Gasteiger partial charge on any atom is 0.0596 e. The topological polar surface area (TPSA) is 15.3 Å². The molecular weight excluding hydrogens is 256 g/mol. The summed E-state index contributed by atoms with van der Waals surface area (Å²) in [6.07, 6.45) is 2.15. The lowest BCUT2D eigenvalue weighted by atomic mass is 10.0. The van der Waals surface area contributed by atoms with Crippen LogP contribution in [0.25, 0.3) is 0 Å². The predicted octanol–water partition coefficient (Wildman–Crippen LogP) is 4.88. The number of benzene rings is 2. The van der Waals surface area contributed by atoms with Gasteiger partial charge in [-0.1, -0.05) is 50.2 Å². The quantitative estimate of drug-likeness (QED) is 0.812. The Labute approximate surface area is 128 Å². The van der Waals surface area contributed by atoms with E-state index in [9.17, 15) is 0 Å². The number of rotatable bonds is 6. The molecule has 0 bridgehead atoms. The van der Waals surface area contributed by atoms with Crippen LogP contribution in [0, 0.1) is 0 Å². The Morgan fingerprint density at radius 1 is 0.952 bits per heavy atom. The number of para-hydroxylation sites is 2. The van der Waals surface area contributed by atoms with Crippen molar-refractivity contribution < 1.29 is 0 Å².